The summed E-state index contributed by atoms with van der Waals surface area (Å²) in [6, 6.07) is 5.98. The van der Waals surface area contributed by atoms with Crippen LogP contribution in [0.4, 0.5) is 0 Å². The zero-order valence-electron chi connectivity index (χ0n) is 10.9. The van der Waals surface area contributed by atoms with Crippen molar-refractivity contribution in [3.05, 3.63) is 46.5 Å². The molecule has 0 aromatic carbocycles. The Balaban J connectivity index is 1.95. The third-order valence-corrected chi connectivity index (χ3v) is 3.72. The molecule has 0 aliphatic rings. The molecule has 4 nitrogen and oxygen atoms in total. The van der Waals surface area contributed by atoms with Crippen LogP contribution in [0.25, 0.3) is 0 Å². The van der Waals surface area contributed by atoms with Crippen molar-refractivity contribution in [3.8, 4) is 0 Å². The number of carbonyl (C=O) groups excluding carboxylic acids is 1. The van der Waals surface area contributed by atoms with Crippen LogP contribution >= 0.6 is 11.3 Å². The van der Waals surface area contributed by atoms with E-state index in [0.717, 1.165) is 12.0 Å². The molecule has 2 heterocycles. The Kier molecular flexibility index (Phi) is 5.18. The van der Waals surface area contributed by atoms with E-state index >= 15 is 0 Å². The zero-order chi connectivity index (χ0) is 13.5. The Hall–Kier alpha value is -1.59. The number of nitrogens with zero attached hydrogens (tertiary/aromatic N) is 1. The summed E-state index contributed by atoms with van der Waals surface area (Å²) >= 11 is 1.71. The highest BCUT2D eigenvalue weighted by atomic mass is 32.1. The van der Waals surface area contributed by atoms with Gasteiger partial charge in [-0.05, 0) is 23.9 Å². The largest absolute Gasteiger partial charge is 0.472 e. The van der Waals surface area contributed by atoms with Gasteiger partial charge < -0.3 is 14.1 Å². The van der Waals surface area contributed by atoms with Crippen LogP contribution in [0.3, 0.4) is 0 Å². The highest BCUT2D eigenvalue weighted by Gasteiger charge is 2.14. The lowest BCUT2D eigenvalue weighted by atomic mass is 10.2. The van der Waals surface area contributed by atoms with Crippen molar-refractivity contribution in [1.29, 1.82) is 0 Å². The Morgan fingerprint density at radius 1 is 1.47 bits per heavy atom. The summed E-state index contributed by atoms with van der Waals surface area (Å²) in [5.74, 6) is 0.000237. The first-order valence-electron chi connectivity index (χ1n) is 6.10. The minimum Gasteiger partial charge on any atom is -0.472 e. The van der Waals surface area contributed by atoms with Crippen molar-refractivity contribution in [2.45, 2.75) is 13.0 Å². The fourth-order valence-electron chi connectivity index (χ4n) is 1.81. The van der Waals surface area contributed by atoms with Gasteiger partial charge >= 0.3 is 0 Å². The number of ether oxygens (including phenoxy) is 1. The molecule has 0 bridgehead atoms. The van der Waals surface area contributed by atoms with Gasteiger partial charge in [-0.2, -0.15) is 0 Å². The Morgan fingerprint density at radius 2 is 2.37 bits per heavy atom. The van der Waals surface area contributed by atoms with E-state index < -0.39 is 0 Å². The topological polar surface area (TPSA) is 42.7 Å². The second-order valence-electron chi connectivity index (χ2n) is 4.21. The van der Waals surface area contributed by atoms with Gasteiger partial charge in [0.1, 0.15) is 6.61 Å². The summed E-state index contributed by atoms with van der Waals surface area (Å²) in [6.45, 7) is 1.36. The summed E-state index contributed by atoms with van der Waals surface area (Å²) in [5.41, 5.74) is 0.996. The molecule has 0 aliphatic carbocycles. The van der Waals surface area contributed by atoms with Gasteiger partial charge in [0.15, 0.2) is 0 Å². The number of thiophene rings is 1. The quantitative estimate of drug-likeness (QED) is 0.782. The van der Waals surface area contributed by atoms with Crippen molar-refractivity contribution in [1.82, 2.24) is 4.90 Å². The summed E-state index contributed by atoms with van der Waals surface area (Å²) in [4.78, 5) is 15.1. The molecule has 0 aliphatic heterocycles. The van der Waals surface area contributed by atoms with Crippen LogP contribution in [-0.4, -0.2) is 31.1 Å². The lowest BCUT2D eigenvalue weighted by Gasteiger charge is -2.21. The first-order chi connectivity index (χ1) is 9.29. The second kappa shape index (κ2) is 7.11. The molecule has 0 N–H and O–H groups in total. The molecule has 102 valence electrons. The van der Waals surface area contributed by atoms with Crippen molar-refractivity contribution < 1.29 is 13.9 Å². The molecular weight excluding hydrogens is 262 g/mol. The summed E-state index contributed by atoms with van der Waals surface area (Å²) in [7, 11) is 1.53. The molecule has 5 heteroatoms. The van der Waals surface area contributed by atoms with E-state index in [1.54, 1.807) is 28.8 Å². The average Bonchev–Trinajstić information content (AvgIpc) is 3.08. The molecule has 2 aromatic heterocycles. The Bertz CT molecular complexity index is 479. The number of furan rings is 1. The van der Waals surface area contributed by atoms with E-state index in [1.165, 1.54) is 12.0 Å². The van der Waals surface area contributed by atoms with Crippen molar-refractivity contribution in [2.75, 3.05) is 20.3 Å². The van der Waals surface area contributed by atoms with Crippen LogP contribution < -0.4 is 0 Å². The van der Waals surface area contributed by atoms with Crippen LogP contribution in [0.15, 0.2) is 40.5 Å². The first kappa shape index (κ1) is 13.8. The van der Waals surface area contributed by atoms with E-state index in [0.29, 0.717) is 13.1 Å². The predicted octanol–water partition coefficient (Wildman–Crippen LogP) is 2.56. The van der Waals surface area contributed by atoms with Gasteiger partial charge in [-0.1, -0.05) is 6.07 Å². The molecule has 0 atom stereocenters. The van der Waals surface area contributed by atoms with Gasteiger partial charge in [0, 0.05) is 30.6 Å². The van der Waals surface area contributed by atoms with E-state index in [9.17, 15) is 4.79 Å². The van der Waals surface area contributed by atoms with Gasteiger partial charge in [0.25, 0.3) is 0 Å². The maximum absolute atomic E-state index is 12.0. The lowest BCUT2D eigenvalue weighted by Crippen LogP contribution is -2.34. The van der Waals surface area contributed by atoms with Gasteiger partial charge in [-0.25, -0.2) is 0 Å². The molecular formula is C14H17NO3S. The monoisotopic (exact) mass is 279 g/mol. The van der Waals surface area contributed by atoms with Crippen molar-refractivity contribution in [3.63, 3.8) is 0 Å². The zero-order valence-corrected chi connectivity index (χ0v) is 11.7. The van der Waals surface area contributed by atoms with Crippen molar-refractivity contribution >= 4 is 17.2 Å². The standard InChI is InChI=1S/C14H17NO3S/c1-17-11-14(16)15(9-12-5-7-18-10-12)6-4-13-3-2-8-19-13/h2-3,5,7-8,10H,4,6,9,11H2,1H3. The first-order valence-corrected chi connectivity index (χ1v) is 6.97. The maximum atomic E-state index is 12.0. The highest BCUT2D eigenvalue weighted by Crippen LogP contribution is 2.12. The normalized spacial score (nSPS) is 10.6. The molecule has 0 fully saturated rings. The van der Waals surface area contributed by atoms with Crippen LogP contribution in [-0.2, 0) is 22.5 Å². The van der Waals surface area contributed by atoms with Crippen LogP contribution in [0.1, 0.15) is 10.4 Å². The lowest BCUT2D eigenvalue weighted by molar-refractivity contribution is -0.135. The molecule has 0 saturated carbocycles. The van der Waals surface area contributed by atoms with E-state index in [4.69, 9.17) is 9.15 Å². The molecule has 0 spiro atoms. The fourth-order valence-corrected chi connectivity index (χ4v) is 2.51. The number of hydrogen-bond donors (Lipinski definition) is 0. The molecule has 0 unspecified atom stereocenters. The van der Waals surface area contributed by atoms with Gasteiger partial charge in [0.05, 0.1) is 12.5 Å². The molecule has 2 rings (SSSR count). The number of methoxy groups -OCH3 is 1. The smallest absolute Gasteiger partial charge is 0.248 e. The summed E-state index contributed by atoms with van der Waals surface area (Å²) in [5, 5.41) is 2.05. The third-order valence-electron chi connectivity index (χ3n) is 2.78. The average molecular weight is 279 g/mol. The van der Waals surface area contributed by atoms with Crippen LogP contribution in [0.2, 0.25) is 0 Å². The van der Waals surface area contributed by atoms with Gasteiger partial charge in [-0.15, -0.1) is 11.3 Å². The minimum atomic E-state index is 0.000237. The molecule has 1 amide bonds. The predicted molar refractivity (Wildman–Crippen MR) is 74.0 cm³/mol. The number of amides is 1. The maximum Gasteiger partial charge on any atom is 0.248 e. The summed E-state index contributed by atoms with van der Waals surface area (Å²) in [6.07, 6.45) is 4.15. The second-order valence-corrected chi connectivity index (χ2v) is 5.24. The van der Waals surface area contributed by atoms with E-state index in [2.05, 4.69) is 6.07 Å². The Labute approximate surface area is 116 Å². The fraction of sp³-hybridized carbons (Fsp3) is 0.357. The molecule has 0 radical (unpaired) electrons. The minimum absolute atomic E-state index is 0.000237. The SMILES string of the molecule is COCC(=O)N(CCc1cccs1)Cc1ccoc1. The molecule has 2 aromatic rings. The van der Waals surface area contributed by atoms with Crippen LogP contribution in [0.5, 0.6) is 0 Å². The van der Waals surface area contributed by atoms with E-state index in [1.807, 2.05) is 17.5 Å². The van der Waals surface area contributed by atoms with Crippen molar-refractivity contribution in [2.24, 2.45) is 0 Å². The highest BCUT2D eigenvalue weighted by molar-refractivity contribution is 7.09. The van der Waals surface area contributed by atoms with Crippen LogP contribution in [0, 0.1) is 0 Å². The Morgan fingerprint density at radius 3 is 3.00 bits per heavy atom. The van der Waals surface area contributed by atoms with Gasteiger partial charge in [-0.3, -0.25) is 4.79 Å². The van der Waals surface area contributed by atoms with E-state index in [-0.39, 0.29) is 12.5 Å². The van der Waals surface area contributed by atoms with Gasteiger partial charge in [0.2, 0.25) is 5.91 Å². The third kappa shape index (κ3) is 4.22. The number of rotatable bonds is 7. The summed E-state index contributed by atoms with van der Waals surface area (Å²) < 4.78 is 9.97. The molecule has 19 heavy (non-hydrogen) atoms. The molecule has 0 saturated heterocycles. The number of hydrogen-bond acceptors (Lipinski definition) is 4. The number of carbonyl (C=O) groups is 1.